The van der Waals surface area contributed by atoms with Gasteiger partial charge in [0, 0.05) is 17.9 Å². The Labute approximate surface area is 186 Å². The largest absolute Gasteiger partial charge is 0.490 e. The van der Waals surface area contributed by atoms with Crippen molar-refractivity contribution >= 4 is 21.0 Å². The van der Waals surface area contributed by atoms with E-state index in [0.29, 0.717) is 36.1 Å². The van der Waals surface area contributed by atoms with Gasteiger partial charge in [0.25, 0.3) is 0 Å². The van der Waals surface area contributed by atoms with Gasteiger partial charge in [-0.3, -0.25) is 0 Å². The van der Waals surface area contributed by atoms with Crippen LogP contribution in [0.2, 0.25) is 0 Å². The number of sulfonamides is 1. The normalized spacial score (nSPS) is 14.8. The van der Waals surface area contributed by atoms with E-state index in [2.05, 4.69) is 4.72 Å². The van der Waals surface area contributed by atoms with Crippen molar-refractivity contribution in [3.8, 4) is 11.5 Å². The Balaban J connectivity index is 1.56. The van der Waals surface area contributed by atoms with Gasteiger partial charge in [0.15, 0.2) is 11.5 Å². The Hall–Kier alpha value is -3.29. The summed E-state index contributed by atoms with van der Waals surface area (Å²) >= 11 is 0. The zero-order valence-corrected chi connectivity index (χ0v) is 18.4. The summed E-state index contributed by atoms with van der Waals surface area (Å²) in [5.41, 5.74) is 2.49. The lowest BCUT2D eigenvalue weighted by Crippen LogP contribution is -2.29. The van der Waals surface area contributed by atoms with Crippen LogP contribution < -0.4 is 14.2 Å². The van der Waals surface area contributed by atoms with Crippen molar-refractivity contribution in [1.29, 1.82) is 0 Å². The van der Waals surface area contributed by atoms with Crippen LogP contribution in [0.25, 0.3) is 11.0 Å². The van der Waals surface area contributed by atoms with Gasteiger partial charge in [-0.1, -0.05) is 42.5 Å². The Bertz CT molecular complexity index is 1340. The van der Waals surface area contributed by atoms with Crippen LogP contribution in [0.3, 0.4) is 0 Å². The van der Waals surface area contributed by atoms with Crippen LogP contribution in [0, 0.1) is 6.92 Å². The molecule has 0 aliphatic carbocycles. The number of aryl methyl sites for hydroxylation is 1. The first-order valence-electron chi connectivity index (χ1n) is 10.5. The van der Waals surface area contributed by atoms with E-state index in [1.54, 1.807) is 6.07 Å². The van der Waals surface area contributed by atoms with Gasteiger partial charge < -0.3 is 13.9 Å². The molecule has 6 nitrogen and oxygen atoms in total. The van der Waals surface area contributed by atoms with E-state index in [1.165, 1.54) is 12.1 Å². The van der Waals surface area contributed by atoms with Gasteiger partial charge in [-0.25, -0.2) is 8.42 Å². The predicted molar refractivity (Wildman–Crippen MR) is 122 cm³/mol. The van der Waals surface area contributed by atoms with Gasteiger partial charge in [0.2, 0.25) is 10.0 Å². The number of rotatable bonds is 5. The molecule has 1 atom stereocenters. The molecule has 32 heavy (non-hydrogen) atoms. The van der Waals surface area contributed by atoms with Crippen molar-refractivity contribution in [2.45, 2.75) is 24.3 Å². The quantitative estimate of drug-likeness (QED) is 0.465. The maximum atomic E-state index is 13.4. The summed E-state index contributed by atoms with van der Waals surface area (Å²) in [6.07, 6.45) is 0.746. The molecular formula is C25H23NO5S. The summed E-state index contributed by atoms with van der Waals surface area (Å²) in [6.45, 7) is 2.97. The lowest BCUT2D eigenvalue weighted by Gasteiger charge is -2.19. The molecule has 0 saturated carbocycles. The van der Waals surface area contributed by atoms with Crippen LogP contribution in [0.15, 0.2) is 82.1 Å². The van der Waals surface area contributed by atoms with E-state index < -0.39 is 16.1 Å². The summed E-state index contributed by atoms with van der Waals surface area (Å²) in [5, 5.41) is 0.913. The molecular weight excluding hydrogens is 426 g/mol. The Morgan fingerprint density at radius 3 is 2.44 bits per heavy atom. The lowest BCUT2D eigenvalue weighted by molar-refractivity contribution is 0.297. The van der Waals surface area contributed by atoms with Gasteiger partial charge >= 0.3 is 0 Å². The maximum absolute atomic E-state index is 13.4. The van der Waals surface area contributed by atoms with E-state index >= 15 is 0 Å². The van der Waals surface area contributed by atoms with Gasteiger partial charge in [-0.2, -0.15) is 4.72 Å². The lowest BCUT2D eigenvalue weighted by atomic mass is 10.00. The predicted octanol–water partition coefficient (Wildman–Crippen LogP) is 4.97. The fraction of sp³-hybridized carbons (Fsp3) is 0.200. The topological polar surface area (TPSA) is 77.8 Å². The van der Waals surface area contributed by atoms with Crippen LogP contribution in [0.5, 0.6) is 11.5 Å². The summed E-state index contributed by atoms with van der Waals surface area (Å²) in [5.74, 6) is 1.51. The van der Waals surface area contributed by atoms with Gasteiger partial charge in [0.1, 0.15) is 17.4 Å². The molecule has 0 radical (unpaired) electrons. The van der Waals surface area contributed by atoms with Crippen LogP contribution in [-0.4, -0.2) is 21.6 Å². The van der Waals surface area contributed by atoms with E-state index in [-0.39, 0.29) is 4.90 Å². The zero-order chi connectivity index (χ0) is 22.1. The highest BCUT2D eigenvalue weighted by atomic mass is 32.2. The average molecular weight is 450 g/mol. The van der Waals surface area contributed by atoms with Crippen LogP contribution in [-0.2, 0) is 10.0 Å². The van der Waals surface area contributed by atoms with Crippen molar-refractivity contribution in [1.82, 2.24) is 4.72 Å². The summed E-state index contributed by atoms with van der Waals surface area (Å²) in [7, 11) is -3.90. The number of benzene rings is 3. The molecule has 5 rings (SSSR count). The number of nitrogens with one attached hydrogen (secondary N) is 1. The molecule has 0 fully saturated rings. The monoisotopic (exact) mass is 449 g/mol. The summed E-state index contributed by atoms with van der Waals surface area (Å²) in [4.78, 5) is 0.108. The Morgan fingerprint density at radius 2 is 1.62 bits per heavy atom. The third-order valence-electron chi connectivity index (χ3n) is 5.53. The molecule has 3 aromatic carbocycles. The second-order valence-electron chi connectivity index (χ2n) is 7.76. The fourth-order valence-corrected chi connectivity index (χ4v) is 5.06. The van der Waals surface area contributed by atoms with Crippen LogP contribution >= 0.6 is 0 Å². The second-order valence-corrected chi connectivity index (χ2v) is 9.47. The zero-order valence-electron chi connectivity index (χ0n) is 17.6. The molecule has 7 heteroatoms. The van der Waals surface area contributed by atoms with Crippen LogP contribution in [0.4, 0.5) is 0 Å². The van der Waals surface area contributed by atoms with Crippen molar-refractivity contribution in [3.05, 3.63) is 89.7 Å². The van der Waals surface area contributed by atoms with E-state index in [1.807, 2.05) is 61.5 Å². The molecule has 1 N–H and O–H groups in total. The smallest absolute Gasteiger partial charge is 0.241 e. The minimum Gasteiger partial charge on any atom is -0.490 e. The van der Waals surface area contributed by atoms with Crippen molar-refractivity contribution in [2.24, 2.45) is 0 Å². The SMILES string of the molecule is Cc1ccccc1[C@H](NS(=O)(=O)c1ccc2c(c1)OCCCO2)c1cc2ccccc2o1. The number of fused-ring (bicyclic) bond motifs is 2. The maximum Gasteiger partial charge on any atom is 0.241 e. The summed E-state index contributed by atoms with van der Waals surface area (Å²) in [6, 6.07) is 21.2. The molecule has 0 saturated heterocycles. The summed E-state index contributed by atoms with van der Waals surface area (Å²) < 4.78 is 47.1. The first kappa shape index (κ1) is 20.6. The van der Waals surface area contributed by atoms with Gasteiger partial charge in [-0.05, 0) is 42.3 Å². The number of ether oxygens (including phenoxy) is 2. The third-order valence-corrected chi connectivity index (χ3v) is 6.95. The highest BCUT2D eigenvalue weighted by Crippen LogP contribution is 2.34. The van der Waals surface area contributed by atoms with Crippen molar-refractivity contribution < 1.29 is 22.3 Å². The van der Waals surface area contributed by atoms with E-state index in [4.69, 9.17) is 13.9 Å². The Kier molecular flexibility index (Phi) is 5.36. The molecule has 1 aliphatic rings. The molecule has 4 aromatic rings. The number of para-hydroxylation sites is 1. The fourth-order valence-electron chi connectivity index (χ4n) is 3.86. The first-order valence-corrected chi connectivity index (χ1v) is 12.0. The van der Waals surface area contributed by atoms with E-state index in [9.17, 15) is 8.42 Å². The molecule has 0 bridgehead atoms. The van der Waals surface area contributed by atoms with E-state index in [0.717, 1.165) is 22.9 Å². The standard InChI is InChI=1S/C25H23NO5S/c1-17-7-2-4-9-20(17)25(24-15-18-8-3-5-10-21(18)31-24)26-32(27,28)19-11-12-22-23(16-19)30-14-6-13-29-22/h2-5,7-12,15-16,25-26H,6,13-14H2,1H3/t25-/m0/s1. The Morgan fingerprint density at radius 1 is 0.875 bits per heavy atom. The van der Waals surface area contributed by atoms with Crippen LogP contribution in [0.1, 0.15) is 29.3 Å². The molecule has 0 spiro atoms. The second kappa shape index (κ2) is 8.33. The van der Waals surface area contributed by atoms with Gasteiger partial charge in [-0.15, -0.1) is 0 Å². The number of hydrogen-bond donors (Lipinski definition) is 1. The number of furan rings is 1. The third kappa shape index (κ3) is 3.97. The van der Waals surface area contributed by atoms with Crippen molar-refractivity contribution in [2.75, 3.05) is 13.2 Å². The van der Waals surface area contributed by atoms with Crippen molar-refractivity contribution in [3.63, 3.8) is 0 Å². The highest BCUT2D eigenvalue weighted by molar-refractivity contribution is 7.89. The minimum absolute atomic E-state index is 0.108. The van der Waals surface area contributed by atoms with Gasteiger partial charge in [0.05, 0.1) is 18.1 Å². The highest BCUT2D eigenvalue weighted by Gasteiger charge is 2.28. The molecule has 164 valence electrons. The molecule has 2 heterocycles. The molecule has 1 aromatic heterocycles. The number of hydrogen-bond acceptors (Lipinski definition) is 5. The molecule has 0 unspecified atom stereocenters. The molecule has 1 aliphatic heterocycles. The first-order chi connectivity index (χ1) is 15.5. The minimum atomic E-state index is -3.90. The average Bonchev–Trinajstić information content (AvgIpc) is 3.08. The molecule has 0 amide bonds.